The van der Waals surface area contributed by atoms with Gasteiger partial charge in [0.2, 0.25) is 0 Å². The van der Waals surface area contributed by atoms with E-state index < -0.39 is 0 Å². The monoisotopic (exact) mass is 239 g/mol. The molecule has 1 aromatic heterocycles. The van der Waals surface area contributed by atoms with Gasteiger partial charge in [0.15, 0.2) is 0 Å². The Balaban J connectivity index is 1.84. The maximum atomic E-state index is 9.87. The zero-order valence-corrected chi connectivity index (χ0v) is 10.5. The SMILES string of the molecule is CN(Cc1nccn1C)CC1COCCC1O. The number of nitrogens with zero attached hydrogens (tertiary/aromatic N) is 3. The molecule has 2 heterocycles. The molecule has 17 heavy (non-hydrogen) atoms. The molecule has 1 saturated heterocycles. The van der Waals surface area contributed by atoms with Crippen LogP contribution in [0.25, 0.3) is 0 Å². The third-order valence-corrected chi connectivity index (χ3v) is 3.31. The molecule has 0 bridgehead atoms. The van der Waals surface area contributed by atoms with Gasteiger partial charge < -0.3 is 14.4 Å². The van der Waals surface area contributed by atoms with Gasteiger partial charge in [0.1, 0.15) is 5.82 Å². The topological polar surface area (TPSA) is 50.5 Å². The van der Waals surface area contributed by atoms with Crippen LogP contribution in [-0.4, -0.2) is 52.5 Å². The van der Waals surface area contributed by atoms with Crippen molar-refractivity contribution in [2.24, 2.45) is 13.0 Å². The molecule has 5 heteroatoms. The van der Waals surface area contributed by atoms with Gasteiger partial charge in [0.25, 0.3) is 0 Å². The quantitative estimate of drug-likeness (QED) is 0.818. The van der Waals surface area contributed by atoms with Crippen LogP contribution < -0.4 is 0 Å². The van der Waals surface area contributed by atoms with Gasteiger partial charge in [-0.2, -0.15) is 0 Å². The van der Waals surface area contributed by atoms with Crippen LogP contribution in [-0.2, 0) is 18.3 Å². The minimum atomic E-state index is -0.229. The Morgan fingerprint density at radius 3 is 3.12 bits per heavy atom. The first-order valence-corrected chi connectivity index (χ1v) is 6.07. The minimum Gasteiger partial charge on any atom is -0.393 e. The summed E-state index contributed by atoms with van der Waals surface area (Å²) in [5, 5.41) is 9.87. The van der Waals surface area contributed by atoms with E-state index in [-0.39, 0.29) is 12.0 Å². The fourth-order valence-electron chi connectivity index (χ4n) is 2.22. The predicted molar refractivity (Wildman–Crippen MR) is 64.5 cm³/mol. The van der Waals surface area contributed by atoms with E-state index in [1.807, 2.05) is 24.0 Å². The van der Waals surface area contributed by atoms with Crippen molar-refractivity contribution in [3.05, 3.63) is 18.2 Å². The lowest BCUT2D eigenvalue weighted by atomic mass is 9.98. The van der Waals surface area contributed by atoms with Gasteiger partial charge in [-0.1, -0.05) is 0 Å². The third kappa shape index (κ3) is 3.28. The summed E-state index contributed by atoms with van der Waals surface area (Å²) in [5.74, 6) is 1.26. The van der Waals surface area contributed by atoms with Crippen molar-refractivity contribution in [2.45, 2.75) is 19.1 Å². The van der Waals surface area contributed by atoms with Crippen LogP contribution in [0.3, 0.4) is 0 Å². The van der Waals surface area contributed by atoms with E-state index in [9.17, 15) is 5.11 Å². The summed E-state index contributed by atoms with van der Waals surface area (Å²) in [6, 6.07) is 0. The van der Waals surface area contributed by atoms with Crippen molar-refractivity contribution >= 4 is 0 Å². The summed E-state index contributed by atoms with van der Waals surface area (Å²) < 4.78 is 7.42. The first-order chi connectivity index (χ1) is 8.16. The number of aliphatic hydroxyl groups is 1. The lowest BCUT2D eigenvalue weighted by Crippen LogP contribution is -2.39. The molecule has 0 spiro atoms. The van der Waals surface area contributed by atoms with Crippen LogP contribution in [0.1, 0.15) is 12.2 Å². The number of ether oxygens (including phenoxy) is 1. The molecule has 96 valence electrons. The molecule has 1 N–H and O–H groups in total. The first-order valence-electron chi connectivity index (χ1n) is 6.07. The zero-order valence-electron chi connectivity index (χ0n) is 10.5. The predicted octanol–water partition coefficient (Wildman–Crippen LogP) is 0.249. The number of aromatic nitrogens is 2. The molecule has 1 aromatic rings. The maximum absolute atomic E-state index is 9.87. The molecule has 0 aromatic carbocycles. The number of aliphatic hydroxyl groups excluding tert-OH is 1. The van der Waals surface area contributed by atoms with Crippen LogP contribution >= 0.6 is 0 Å². The summed E-state index contributed by atoms with van der Waals surface area (Å²) in [4.78, 5) is 6.48. The molecular formula is C12H21N3O2. The first kappa shape index (κ1) is 12.5. The third-order valence-electron chi connectivity index (χ3n) is 3.31. The number of hydrogen-bond donors (Lipinski definition) is 1. The van der Waals surface area contributed by atoms with E-state index in [1.165, 1.54) is 0 Å². The van der Waals surface area contributed by atoms with Gasteiger partial charge >= 0.3 is 0 Å². The van der Waals surface area contributed by atoms with E-state index in [0.717, 1.165) is 25.3 Å². The molecule has 5 nitrogen and oxygen atoms in total. The second kappa shape index (κ2) is 5.62. The standard InChI is InChI=1S/C12H21N3O2/c1-14(8-12-13-4-5-15(12)2)7-10-9-17-6-3-11(10)16/h4-5,10-11,16H,3,6-9H2,1-2H3. The largest absolute Gasteiger partial charge is 0.393 e. The molecule has 0 amide bonds. The van der Waals surface area contributed by atoms with Gasteiger partial charge in [-0.25, -0.2) is 4.98 Å². The molecular weight excluding hydrogens is 218 g/mol. The smallest absolute Gasteiger partial charge is 0.122 e. The van der Waals surface area contributed by atoms with E-state index in [4.69, 9.17) is 4.74 Å². The number of aryl methyl sites for hydroxylation is 1. The maximum Gasteiger partial charge on any atom is 0.122 e. The molecule has 2 atom stereocenters. The lowest BCUT2D eigenvalue weighted by molar-refractivity contribution is -0.0453. The summed E-state index contributed by atoms with van der Waals surface area (Å²) in [5.41, 5.74) is 0. The van der Waals surface area contributed by atoms with E-state index >= 15 is 0 Å². The summed E-state index contributed by atoms with van der Waals surface area (Å²) in [6.45, 7) is 2.98. The highest BCUT2D eigenvalue weighted by Gasteiger charge is 2.25. The zero-order chi connectivity index (χ0) is 12.3. The van der Waals surface area contributed by atoms with Crippen molar-refractivity contribution in [1.29, 1.82) is 0 Å². The fraction of sp³-hybridized carbons (Fsp3) is 0.750. The second-order valence-electron chi connectivity index (χ2n) is 4.84. The van der Waals surface area contributed by atoms with E-state index in [2.05, 4.69) is 16.9 Å². The Morgan fingerprint density at radius 2 is 2.47 bits per heavy atom. The van der Waals surface area contributed by atoms with Gasteiger partial charge in [-0.05, 0) is 13.5 Å². The van der Waals surface area contributed by atoms with E-state index in [1.54, 1.807) is 0 Å². The Labute approximate surface area is 102 Å². The van der Waals surface area contributed by atoms with Gasteiger partial charge in [0.05, 0.1) is 19.3 Å². The normalized spacial score (nSPS) is 25.4. The summed E-state index contributed by atoms with van der Waals surface area (Å²) in [6.07, 6.45) is 4.28. The molecule has 1 fully saturated rings. The number of hydrogen-bond acceptors (Lipinski definition) is 4. The average molecular weight is 239 g/mol. The summed E-state index contributed by atoms with van der Waals surface area (Å²) in [7, 11) is 4.05. The van der Waals surface area contributed by atoms with Crippen LogP contribution in [0.15, 0.2) is 12.4 Å². The van der Waals surface area contributed by atoms with Crippen LogP contribution in [0.5, 0.6) is 0 Å². The van der Waals surface area contributed by atoms with Crippen molar-refractivity contribution in [3.63, 3.8) is 0 Å². The molecule has 0 saturated carbocycles. The average Bonchev–Trinajstić information content (AvgIpc) is 2.68. The number of imidazole rings is 1. The molecule has 2 rings (SSSR count). The van der Waals surface area contributed by atoms with Crippen LogP contribution in [0.4, 0.5) is 0 Å². The second-order valence-corrected chi connectivity index (χ2v) is 4.84. The van der Waals surface area contributed by atoms with Crippen LogP contribution in [0.2, 0.25) is 0 Å². The van der Waals surface area contributed by atoms with Gasteiger partial charge in [-0.15, -0.1) is 0 Å². The van der Waals surface area contributed by atoms with E-state index in [0.29, 0.717) is 13.2 Å². The van der Waals surface area contributed by atoms with Crippen molar-refractivity contribution in [1.82, 2.24) is 14.5 Å². The Kier molecular flexibility index (Phi) is 4.15. The molecule has 2 unspecified atom stereocenters. The minimum absolute atomic E-state index is 0.217. The Morgan fingerprint density at radius 1 is 1.65 bits per heavy atom. The van der Waals surface area contributed by atoms with Gasteiger partial charge in [-0.3, -0.25) is 4.90 Å². The van der Waals surface area contributed by atoms with Crippen LogP contribution in [0, 0.1) is 5.92 Å². The number of rotatable bonds is 4. The lowest BCUT2D eigenvalue weighted by Gasteiger charge is -2.31. The van der Waals surface area contributed by atoms with Crippen molar-refractivity contribution in [3.8, 4) is 0 Å². The highest BCUT2D eigenvalue weighted by Crippen LogP contribution is 2.16. The molecule has 0 aliphatic carbocycles. The Hall–Kier alpha value is -0.910. The fourth-order valence-corrected chi connectivity index (χ4v) is 2.22. The van der Waals surface area contributed by atoms with Crippen molar-refractivity contribution < 1.29 is 9.84 Å². The summed E-state index contributed by atoms with van der Waals surface area (Å²) >= 11 is 0. The molecule has 0 radical (unpaired) electrons. The van der Waals surface area contributed by atoms with Crippen molar-refractivity contribution in [2.75, 3.05) is 26.8 Å². The Bertz CT molecular complexity index is 353. The molecule has 1 aliphatic rings. The van der Waals surface area contributed by atoms with Gasteiger partial charge in [0, 0.05) is 38.5 Å². The molecule has 1 aliphatic heterocycles. The highest BCUT2D eigenvalue weighted by molar-refractivity contribution is 4.91. The highest BCUT2D eigenvalue weighted by atomic mass is 16.5.